The smallest absolute Gasteiger partial charge is 0.217 e. The molecule has 1 saturated heterocycles. The number of nitrogens with zero attached hydrogens (tertiary/aromatic N) is 1. The number of carbonyl (C=O) groups excluding carboxylic acids is 1. The number of likely N-dealkylation sites (N-methyl/N-ethyl adjacent to an activating group) is 1. The summed E-state index contributed by atoms with van der Waals surface area (Å²) < 4.78 is 13.1. The number of nitrogens with one attached hydrogen (secondary N) is 1. The Morgan fingerprint density at radius 3 is 2.36 bits per heavy atom. The first-order chi connectivity index (χ1) is 21.3. The first-order valence-corrected chi connectivity index (χ1v) is 14.9. The molecule has 0 radical (unpaired) electrons. The Labute approximate surface area is 258 Å². The molecule has 1 fully saturated rings. The third kappa shape index (κ3) is 8.31. The third-order valence-electron chi connectivity index (χ3n) is 7.83. The van der Waals surface area contributed by atoms with Crippen LogP contribution in [0.1, 0.15) is 59.7 Å². The van der Waals surface area contributed by atoms with Gasteiger partial charge in [0.05, 0.1) is 24.9 Å². The monoisotopic (exact) mass is 596 g/mol. The molecule has 1 amide bonds. The molecule has 8 nitrogen and oxygen atoms in total. The number of carbonyl (C=O) groups is 1. The third-order valence-corrected chi connectivity index (χ3v) is 7.83. The number of hydrogen-bond donors (Lipinski definition) is 4. The molecule has 0 aliphatic carbocycles. The number of hydrogen-bond acceptors (Lipinski definition) is 7. The van der Waals surface area contributed by atoms with Gasteiger partial charge in [0.25, 0.3) is 0 Å². The van der Waals surface area contributed by atoms with E-state index in [4.69, 9.17) is 9.47 Å². The summed E-state index contributed by atoms with van der Waals surface area (Å²) in [6.45, 7) is 2.88. The van der Waals surface area contributed by atoms with Crippen molar-refractivity contribution >= 4 is 5.91 Å². The van der Waals surface area contributed by atoms with Gasteiger partial charge in [-0.15, -0.1) is 0 Å². The van der Waals surface area contributed by atoms with Crippen LogP contribution in [0.3, 0.4) is 0 Å². The van der Waals surface area contributed by atoms with Crippen molar-refractivity contribution in [1.29, 1.82) is 0 Å². The van der Waals surface area contributed by atoms with E-state index in [1.165, 1.54) is 6.92 Å². The molecule has 0 aromatic heterocycles. The van der Waals surface area contributed by atoms with Crippen LogP contribution >= 0.6 is 0 Å². The highest BCUT2D eigenvalue weighted by molar-refractivity contribution is 5.73. The van der Waals surface area contributed by atoms with Gasteiger partial charge in [-0.3, -0.25) is 4.79 Å². The normalized spacial score (nSPS) is 19.1. The van der Waals surface area contributed by atoms with Crippen molar-refractivity contribution in [2.45, 2.75) is 51.1 Å². The Morgan fingerprint density at radius 2 is 1.64 bits per heavy atom. The maximum atomic E-state index is 11.4. The minimum absolute atomic E-state index is 0.0225. The molecule has 1 heterocycles. The summed E-state index contributed by atoms with van der Waals surface area (Å²) >= 11 is 0. The Morgan fingerprint density at radius 1 is 0.909 bits per heavy atom. The molecular weight excluding hydrogens is 556 g/mol. The van der Waals surface area contributed by atoms with Gasteiger partial charge in [-0.2, -0.15) is 0 Å². The summed E-state index contributed by atoms with van der Waals surface area (Å²) in [5.74, 6) is 0.0511. The topological polar surface area (TPSA) is 111 Å². The van der Waals surface area contributed by atoms with E-state index in [-0.39, 0.29) is 30.5 Å². The molecular formula is C36H40N2O6. The lowest BCUT2D eigenvalue weighted by molar-refractivity contribution is -0.252. The SMILES string of the molecule is CC(=O)NCc1cccc(-c2cccc([C@H]3O[C@@H](CN(C)C[C@@H](O)c4cccc(O)c4)C[C@@H](c4ccc(CO)cc4)O3)c2)c1. The highest BCUT2D eigenvalue weighted by atomic mass is 16.7. The molecule has 230 valence electrons. The summed E-state index contributed by atoms with van der Waals surface area (Å²) in [4.78, 5) is 13.4. The number of aliphatic hydroxyl groups is 2. The first-order valence-electron chi connectivity index (χ1n) is 14.9. The highest BCUT2D eigenvalue weighted by Gasteiger charge is 2.33. The number of phenols is 1. The Bertz CT molecular complexity index is 1540. The minimum Gasteiger partial charge on any atom is -0.508 e. The van der Waals surface area contributed by atoms with Crippen LogP contribution in [0.25, 0.3) is 11.1 Å². The van der Waals surface area contributed by atoms with Crippen molar-refractivity contribution in [3.8, 4) is 16.9 Å². The Hall–Kier alpha value is -4.05. The molecule has 4 atom stereocenters. The van der Waals surface area contributed by atoms with Crippen molar-refractivity contribution < 1.29 is 29.6 Å². The number of aromatic hydroxyl groups is 1. The zero-order valence-electron chi connectivity index (χ0n) is 25.1. The summed E-state index contributed by atoms with van der Waals surface area (Å²) in [5.41, 5.74) is 6.43. The maximum Gasteiger partial charge on any atom is 0.217 e. The molecule has 0 spiro atoms. The van der Waals surface area contributed by atoms with E-state index in [2.05, 4.69) is 17.4 Å². The largest absolute Gasteiger partial charge is 0.508 e. The number of aliphatic hydroxyl groups excluding tert-OH is 2. The summed E-state index contributed by atoms with van der Waals surface area (Å²) in [6.07, 6.45) is -1.19. The summed E-state index contributed by atoms with van der Waals surface area (Å²) in [6, 6.07) is 30.7. The average Bonchev–Trinajstić information content (AvgIpc) is 3.04. The van der Waals surface area contributed by atoms with Gasteiger partial charge in [0.2, 0.25) is 5.91 Å². The number of amides is 1. The zero-order chi connectivity index (χ0) is 31.1. The van der Waals surface area contributed by atoms with Crippen LogP contribution in [0.4, 0.5) is 0 Å². The summed E-state index contributed by atoms with van der Waals surface area (Å²) in [7, 11) is 1.94. The lowest BCUT2D eigenvalue weighted by Gasteiger charge is -2.38. The molecule has 0 unspecified atom stereocenters. The van der Waals surface area contributed by atoms with Gasteiger partial charge >= 0.3 is 0 Å². The van der Waals surface area contributed by atoms with Crippen LogP contribution in [0, 0.1) is 0 Å². The number of ether oxygens (including phenoxy) is 2. The Kier molecular flexibility index (Phi) is 10.4. The molecule has 5 rings (SSSR count). The van der Waals surface area contributed by atoms with Crippen molar-refractivity contribution in [2.75, 3.05) is 20.1 Å². The second kappa shape index (κ2) is 14.6. The van der Waals surface area contributed by atoms with Gasteiger partial charge in [0.15, 0.2) is 6.29 Å². The minimum atomic E-state index is -0.761. The molecule has 4 aromatic rings. The van der Waals surface area contributed by atoms with Crippen LogP contribution in [0.5, 0.6) is 5.75 Å². The van der Waals surface area contributed by atoms with Crippen molar-refractivity contribution in [1.82, 2.24) is 10.2 Å². The lowest BCUT2D eigenvalue weighted by atomic mass is 9.98. The lowest BCUT2D eigenvalue weighted by Crippen LogP contribution is -2.39. The van der Waals surface area contributed by atoms with Crippen molar-refractivity contribution in [3.05, 3.63) is 125 Å². The van der Waals surface area contributed by atoms with E-state index >= 15 is 0 Å². The molecule has 44 heavy (non-hydrogen) atoms. The van der Waals surface area contributed by atoms with Crippen molar-refractivity contribution in [3.63, 3.8) is 0 Å². The van der Waals surface area contributed by atoms with Crippen molar-refractivity contribution in [2.24, 2.45) is 0 Å². The first kappa shape index (κ1) is 31.4. The van der Waals surface area contributed by atoms with E-state index < -0.39 is 12.4 Å². The van der Waals surface area contributed by atoms with Crippen LogP contribution < -0.4 is 5.32 Å². The van der Waals surface area contributed by atoms with E-state index in [1.54, 1.807) is 24.3 Å². The second-order valence-corrected chi connectivity index (χ2v) is 11.4. The van der Waals surface area contributed by atoms with E-state index in [9.17, 15) is 20.1 Å². The number of benzene rings is 4. The van der Waals surface area contributed by atoms with E-state index in [1.807, 2.05) is 72.6 Å². The fraction of sp³-hybridized carbons (Fsp3) is 0.306. The average molecular weight is 597 g/mol. The molecule has 8 heteroatoms. The highest BCUT2D eigenvalue weighted by Crippen LogP contribution is 2.39. The van der Waals surface area contributed by atoms with Gasteiger partial charge in [-0.1, -0.05) is 72.8 Å². The predicted molar refractivity (Wildman–Crippen MR) is 168 cm³/mol. The molecule has 4 aromatic carbocycles. The quantitative estimate of drug-likeness (QED) is 0.184. The van der Waals surface area contributed by atoms with Gasteiger partial charge in [0, 0.05) is 38.5 Å². The maximum absolute atomic E-state index is 11.4. The van der Waals surface area contributed by atoms with Gasteiger partial charge < -0.3 is 35.0 Å². The number of rotatable bonds is 11. The molecule has 1 aliphatic rings. The van der Waals surface area contributed by atoms with Gasteiger partial charge in [-0.05, 0) is 64.7 Å². The summed E-state index contributed by atoms with van der Waals surface area (Å²) in [5, 5.41) is 33.0. The molecule has 0 saturated carbocycles. The van der Waals surface area contributed by atoms with E-state index in [0.29, 0.717) is 31.6 Å². The fourth-order valence-electron chi connectivity index (χ4n) is 5.54. The van der Waals surface area contributed by atoms with Crippen LogP contribution in [0.2, 0.25) is 0 Å². The van der Waals surface area contributed by atoms with Crippen LogP contribution in [-0.4, -0.2) is 52.4 Å². The van der Waals surface area contributed by atoms with Gasteiger partial charge in [-0.25, -0.2) is 0 Å². The number of phenolic OH excluding ortho intramolecular Hbond substituents is 1. The second-order valence-electron chi connectivity index (χ2n) is 11.4. The van der Waals surface area contributed by atoms with Gasteiger partial charge in [0.1, 0.15) is 5.75 Å². The molecule has 1 aliphatic heterocycles. The standard InChI is InChI=1S/C36H40N2O6/c1-24(40)37-20-26-6-3-7-28(16-26)29-8-4-10-31(17-29)36-43-33(19-35(44-36)27-14-12-25(23-39)13-15-27)21-38(2)22-34(42)30-9-5-11-32(41)18-30/h3-18,33-36,39,41-42H,19-23H2,1-2H3,(H,37,40)/t33-,34-,35+,36+/m1/s1. The fourth-order valence-corrected chi connectivity index (χ4v) is 5.54. The van der Waals surface area contributed by atoms with Crippen LogP contribution in [-0.2, 0) is 27.4 Å². The zero-order valence-corrected chi connectivity index (χ0v) is 25.1. The molecule has 0 bridgehead atoms. The van der Waals surface area contributed by atoms with E-state index in [0.717, 1.165) is 33.4 Å². The molecule has 4 N–H and O–H groups in total. The van der Waals surface area contributed by atoms with Crippen LogP contribution in [0.15, 0.2) is 97.1 Å². The predicted octanol–water partition coefficient (Wildman–Crippen LogP) is 5.40. The Balaban J connectivity index is 1.36.